The van der Waals surface area contributed by atoms with Crippen molar-refractivity contribution in [2.45, 2.75) is 6.42 Å². The molecule has 1 aliphatic heterocycles. The summed E-state index contributed by atoms with van der Waals surface area (Å²) in [5, 5.41) is 6.68. The lowest BCUT2D eigenvalue weighted by molar-refractivity contribution is 0.346. The molecule has 1 N–H and O–H groups in total. The second-order valence-corrected chi connectivity index (χ2v) is 5.53. The standard InChI is InChI=1S/C14H16N2OS/c1-17-12-4-2-11(3-5-12)13-9-18-14(16-13)6-10-7-15-8-10/h2-5,9-10,15H,6-8H2,1H3. The summed E-state index contributed by atoms with van der Waals surface area (Å²) >= 11 is 1.76. The van der Waals surface area contributed by atoms with Gasteiger partial charge in [0.25, 0.3) is 0 Å². The summed E-state index contributed by atoms with van der Waals surface area (Å²) in [4.78, 5) is 4.71. The summed E-state index contributed by atoms with van der Waals surface area (Å²) in [5.74, 6) is 1.66. The summed E-state index contributed by atoms with van der Waals surface area (Å²) in [6.07, 6.45) is 1.10. The van der Waals surface area contributed by atoms with E-state index in [0.717, 1.165) is 42.4 Å². The van der Waals surface area contributed by atoms with Gasteiger partial charge >= 0.3 is 0 Å². The minimum absolute atomic E-state index is 0.778. The molecule has 1 aromatic carbocycles. The van der Waals surface area contributed by atoms with Crippen molar-refractivity contribution < 1.29 is 4.74 Å². The van der Waals surface area contributed by atoms with Gasteiger partial charge in [-0.25, -0.2) is 4.98 Å². The van der Waals surface area contributed by atoms with Gasteiger partial charge in [0.05, 0.1) is 17.8 Å². The van der Waals surface area contributed by atoms with Gasteiger partial charge in [-0.1, -0.05) is 0 Å². The smallest absolute Gasteiger partial charge is 0.118 e. The first-order valence-electron chi connectivity index (χ1n) is 6.14. The molecule has 0 unspecified atom stereocenters. The van der Waals surface area contributed by atoms with Gasteiger partial charge in [0.1, 0.15) is 5.75 Å². The van der Waals surface area contributed by atoms with Crippen LogP contribution in [-0.2, 0) is 6.42 Å². The molecule has 4 heteroatoms. The molecular formula is C14H16N2OS. The van der Waals surface area contributed by atoms with Crippen LogP contribution in [0.5, 0.6) is 5.75 Å². The van der Waals surface area contributed by atoms with Crippen LogP contribution >= 0.6 is 11.3 Å². The fourth-order valence-electron chi connectivity index (χ4n) is 2.04. The molecule has 0 amide bonds. The topological polar surface area (TPSA) is 34.1 Å². The SMILES string of the molecule is COc1ccc(-c2csc(CC3CNC3)n2)cc1. The minimum atomic E-state index is 0.778. The number of nitrogens with one attached hydrogen (secondary N) is 1. The zero-order valence-electron chi connectivity index (χ0n) is 10.3. The molecule has 2 aromatic rings. The van der Waals surface area contributed by atoms with Crippen LogP contribution in [0.4, 0.5) is 0 Å². The van der Waals surface area contributed by atoms with Crippen LogP contribution in [0.15, 0.2) is 29.6 Å². The Bertz CT molecular complexity index is 517. The predicted molar refractivity (Wildman–Crippen MR) is 74.2 cm³/mol. The average Bonchev–Trinajstić information content (AvgIpc) is 2.83. The van der Waals surface area contributed by atoms with Gasteiger partial charge in [-0.15, -0.1) is 11.3 Å². The van der Waals surface area contributed by atoms with Gasteiger partial charge in [0.2, 0.25) is 0 Å². The number of ether oxygens (including phenoxy) is 1. The first-order valence-corrected chi connectivity index (χ1v) is 7.02. The van der Waals surface area contributed by atoms with Crippen molar-refractivity contribution in [1.29, 1.82) is 0 Å². The van der Waals surface area contributed by atoms with Crippen molar-refractivity contribution in [2.75, 3.05) is 20.2 Å². The highest BCUT2D eigenvalue weighted by Gasteiger charge is 2.18. The van der Waals surface area contributed by atoms with Crippen molar-refractivity contribution in [3.63, 3.8) is 0 Å². The fraction of sp³-hybridized carbons (Fsp3) is 0.357. The molecule has 3 nitrogen and oxygen atoms in total. The Morgan fingerprint density at radius 2 is 2.11 bits per heavy atom. The normalized spacial score (nSPS) is 15.4. The monoisotopic (exact) mass is 260 g/mol. The number of hydrogen-bond donors (Lipinski definition) is 1. The molecule has 1 aromatic heterocycles. The molecule has 1 fully saturated rings. The lowest BCUT2D eigenvalue weighted by atomic mass is 10.0. The van der Waals surface area contributed by atoms with E-state index in [4.69, 9.17) is 9.72 Å². The molecular weight excluding hydrogens is 244 g/mol. The van der Waals surface area contributed by atoms with Crippen molar-refractivity contribution in [1.82, 2.24) is 10.3 Å². The lowest BCUT2D eigenvalue weighted by Crippen LogP contribution is -2.43. The largest absolute Gasteiger partial charge is 0.497 e. The average molecular weight is 260 g/mol. The third-order valence-corrected chi connectivity index (χ3v) is 4.14. The van der Waals surface area contributed by atoms with E-state index in [9.17, 15) is 0 Å². The highest BCUT2D eigenvalue weighted by molar-refractivity contribution is 7.09. The Labute approximate surface area is 111 Å². The molecule has 1 aliphatic rings. The van der Waals surface area contributed by atoms with Crippen LogP contribution in [0.1, 0.15) is 5.01 Å². The maximum absolute atomic E-state index is 5.16. The number of nitrogens with zero attached hydrogens (tertiary/aromatic N) is 1. The molecule has 2 heterocycles. The van der Waals surface area contributed by atoms with Gasteiger partial charge in [-0.3, -0.25) is 0 Å². The van der Waals surface area contributed by atoms with E-state index in [-0.39, 0.29) is 0 Å². The second kappa shape index (κ2) is 5.08. The molecule has 0 saturated carbocycles. The molecule has 0 spiro atoms. The summed E-state index contributed by atoms with van der Waals surface area (Å²) < 4.78 is 5.16. The van der Waals surface area contributed by atoms with Crippen LogP contribution < -0.4 is 10.1 Å². The van der Waals surface area contributed by atoms with Crippen LogP contribution in [-0.4, -0.2) is 25.2 Å². The van der Waals surface area contributed by atoms with Crippen molar-refractivity contribution >= 4 is 11.3 Å². The maximum atomic E-state index is 5.16. The van der Waals surface area contributed by atoms with Crippen LogP contribution in [0, 0.1) is 5.92 Å². The molecule has 0 atom stereocenters. The highest BCUT2D eigenvalue weighted by Crippen LogP contribution is 2.25. The van der Waals surface area contributed by atoms with Crippen LogP contribution in [0.3, 0.4) is 0 Å². The van der Waals surface area contributed by atoms with E-state index in [1.165, 1.54) is 5.01 Å². The van der Waals surface area contributed by atoms with Gasteiger partial charge in [-0.2, -0.15) is 0 Å². The number of methoxy groups -OCH3 is 1. The van der Waals surface area contributed by atoms with Gasteiger partial charge in [-0.05, 0) is 43.3 Å². The quantitative estimate of drug-likeness (QED) is 0.917. The first kappa shape index (κ1) is 11.7. The zero-order chi connectivity index (χ0) is 12.4. The Hall–Kier alpha value is -1.39. The van der Waals surface area contributed by atoms with Crippen molar-refractivity contribution in [2.24, 2.45) is 5.92 Å². The Morgan fingerprint density at radius 3 is 2.72 bits per heavy atom. The number of benzene rings is 1. The summed E-state index contributed by atoms with van der Waals surface area (Å²) in [6, 6.07) is 8.07. The van der Waals surface area contributed by atoms with Gasteiger partial charge < -0.3 is 10.1 Å². The summed E-state index contributed by atoms with van der Waals surface area (Å²) in [7, 11) is 1.68. The highest BCUT2D eigenvalue weighted by atomic mass is 32.1. The number of aromatic nitrogens is 1. The van der Waals surface area contributed by atoms with E-state index in [2.05, 4.69) is 22.8 Å². The van der Waals surface area contributed by atoms with Crippen LogP contribution in [0.2, 0.25) is 0 Å². The predicted octanol–water partition coefficient (Wildman–Crippen LogP) is 2.58. The van der Waals surface area contributed by atoms with Crippen molar-refractivity contribution in [3.8, 4) is 17.0 Å². The van der Waals surface area contributed by atoms with E-state index in [1.54, 1.807) is 18.4 Å². The summed E-state index contributed by atoms with van der Waals surface area (Å²) in [5.41, 5.74) is 2.23. The fourth-order valence-corrected chi connectivity index (χ4v) is 2.96. The molecule has 0 bridgehead atoms. The van der Waals surface area contributed by atoms with E-state index >= 15 is 0 Å². The van der Waals surface area contributed by atoms with E-state index in [1.807, 2.05) is 12.1 Å². The maximum Gasteiger partial charge on any atom is 0.118 e. The Balaban J connectivity index is 1.74. The second-order valence-electron chi connectivity index (χ2n) is 4.58. The minimum Gasteiger partial charge on any atom is -0.497 e. The first-order chi connectivity index (χ1) is 8.85. The number of rotatable bonds is 4. The number of hydrogen-bond acceptors (Lipinski definition) is 4. The third-order valence-electron chi connectivity index (χ3n) is 3.27. The molecule has 0 radical (unpaired) electrons. The lowest BCUT2D eigenvalue weighted by Gasteiger charge is -2.25. The molecule has 18 heavy (non-hydrogen) atoms. The van der Waals surface area contributed by atoms with E-state index in [0.29, 0.717) is 0 Å². The molecule has 1 saturated heterocycles. The number of thiazole rings is 1. The van der Waals surface area contributed by atoms with Crippen LogP contribution in [0.25, 0.3) is 11.3 Å². The summed E-state index contributed by atoms with van der Waals surface area (Å²) in [6.45, 7) is 2.27. The zero-order valence-corrected chi connectivity index (χ0v) is 11.2. The molecule has 3 rings (SSSR count). The molecule has 0 aliphatic carbocycles. The Kier molecular flexibility index (Phi) is 3.30. The molecule has 94 valence electrons. The third kappa shape index (κ3) is 2.40. The van der Waals surface area contributed by atoms with Crippen molar-refractivity contribution in [3.05, 3.63) is 34.7 Å². The van der Waals surface area contributed by atoms with E-state index < -0.39 is 0 Å². The Morgan fingerprint density at radius 1 is 1.33 bits per heavy atom. The van der Waals surface area contributed by atoms with Gasteiger partial charge in [0.15, 0.2) is 0 Å². The van der Waals surface area contributed by atoms with Gasteiger partial charge in [0, 0.05) is 17.4 Å².